The molecule has 3 aromatic rings. The minimum absolute atomic E-state index is 0.0621. The van der Waals surface area contributed by atoms with E-state index in [1.807, 2.05) is 30.3 Å². The maximum absolute atomic E-state index is 14.8. The number of benzene rings is 3. The van der Waals surface area contributed by atoms with E-state index in [1.165, 1.54) is 18.2 Å². The number of rotatable bonds is 7. The molecule has 0 bridgehead atoms. The largest absolute Gasteiger partial charge is 0.528 e. The van der Waals surface area contributed by atoms with Crippen LogP contribution >= 0.6 is 0 Å². The molecule has 0 aromatic heterocycles. The Balaban J connectivity index is 1.53. The van der Waals surface area contributed by atoms with Crippen molar-refractivity contribution in [3.63, 3.8) is 0 Å². The number of hydroxylamine groups is 2. The van der Waals surface area contributed by atoms with Gasteiger partial charge in [0.15, 0.2) is 0 Å². The first kappa shape index (κ1) is 23.3. The molecule has 0 fully saturated rings. The van der Waals surface area contributed by atoms with Gasteiger partial charge in [-0.15, -0.1) is 5.06 Å². The number of hydrogen-bond acceptors (Lipinski definition) is 6. The molecule has 0 saturated carbocycles. The monoisotopic (exact) mass is 465 g/mol. The molecule has 1 aliphatic heterocycles. The van der Waals surface area contributed by atoms with Crippen LogP contribution in [0.5, 0.6) is 5.75 Å². The third-order valence-corrected chi connectivity index (χ3v) is 5.63. The third-order valence-electron chi connectivity index (χ3n) is 5.63. The Morgan fingerprint density at radius 2 is 1.79 bits per heavy atom. The fourth-order valence-corrected chi connectivity index (χ4v) is 4.04. The van der Waals surface area contributed by atoms with E-state index in [0.717, 1.165) is 16.7 Å². The fourth-order valence-electron chi connectivity index (χ4n) is 4.04. The van der Waals surface area contributed by atoms with Crippen LogP contribution in [0, 0.1) is 5.82 Å². The van der Waals surface area contributed by atoms with Crippen molar-refractivity contribution >= 4 is 12.1 Å². The van der Waals surface area contributed by atoms with E-state index in [9.17, 15) is 14.0 Å². The molecular weight excluding hydrogens is 441 g/mol. The zero-order valence-corrected chi connectivity index (χ0v) is 18.6. The van der Waals surface area contributed by atoms with Gasteiger partial charge in [0.2, 0.25) is 0 Å². The van der Waals surface area contributed by atoms with Crippen LogP contribution in [-0.4, -0.2) is 35.9 Å². The maximum atomic E-state index is 14.8. The smallest absolute Gasteiger partial charge is 0.496 e. The normalized spacial score (nSPS) is 13.1. The molecule has 7 nitrogen and oxygen atoms in total. The van der Waals surface area contributed by atoms with E-state index in [-0.39, 0.29) is 19.6 Å². The molecule has 0 amide bonds. The predicted molar refractivity (Wildman–Crippen MR) is 122 cm³/mol. The molecule has 0 unspecified atom stereocenters. The van der Waals surface area contributed by atoms with Crippen molar-refractivity contribution in [2.45, 2.75) is 26.0 Å². The number of carboxylic acid groups (broad SMARTS) is 1. The van der Waals surface area contributed by atoms with E-state index in [0.29, 0.717) is 35.4 Å². The zero-order valence-electron chi connectivity index (χ0n) is 18.6. The van der Waals surface area contributed by atoms with E-state index in [4.69, 9.17) is 19.4 Å². The summed E-state index contributed by atoms with van der Waals surface area (Å²) in [6.07, 6.45) is -0.569. The summed E-state index contributed by atoms with van der Waals surface area (Å²) in [7, 11) is 1.53. The molecule has 8 heteroatoms. The van der Waals surface area contributed by atoms with Crippen molar-refractivity contribution < 1.29 is 33.4 Å². The summed E-state index contributed by atoms with van der Waals surface area (Å²) in [5.74, 6) is -0.791. The van der Waals surface area contributed by atoms with Gasteiger partial charge in [0, 0.05) is 17.7 Å². The molecule has 0 saturated heterocycles. The first-order valence-electron chi connectivity index (χ1n) is 10.8. The number of halogens is 1. The second-order valence-electron chi connectivity index (χ2n) is 7.89. The van der Waals surface area contributed by atoms with Gasteiger partial charge in [-0.3, -0.25) is 4.79 Å². The average molecular weight is 465 g/mol. The Labute approximate surface area is 196 Å². The van der Waals surface area contributed by atoms with Crippen LogP contribution < -0.4 is 4.74 Å². The first-order valence-corrected chi connectivity index (χ1v) is 10.8. The van der Waals surface area contributed by atoms with Crippen LogP contribution in [-0.2, 0) is 40.4 Å². The van der Waals surface area contributed by atoms with E-state index >= 15 is 0 Å². The Morgan fingerprint density at radius 3 is 2.53 bits per heavy atom. The molecule has 0 atom stereocenters. The van der Waals surface area contributed by atoms with Crippen molar-refractivity contribution in [2.75, 3.05) is 13.7 Å². The second-order valence-corrected chi connectivity index (χ2v) is 7.89. The molecule has 4 rings (SSSR count). The summed E-state index contributed by atoms with van der Waals surface area (Å²) in [5.41, 5.74) is 4.07. The zero-order chi connectivity index (χ0) is 24.1. The fraction of sp³-hybridized carbons (Fsp3) is 0.231. The van der Waals surface area contributed by atoms with E-state index in [2.05, 4.69) is 0 Å². The van der Waals surface area contributed by atoms with Crippen molar-refractivity contribution in [3.05, 3.63) is 88.7 Å². The van der Waals surface area contributed by atoms with Crippen LogP contribution in [0.25, 0.3) is 11.1 Å². The number of methoxy groups -OCH3 is 1. The van der Waals surface area contributed by atoms with Crippen LogP contribution in [0.4, 0.5) is 9.18 Å². The highest BCUT2D eigenvalue weighted by atomic mass is 19.1. The number of nitrogens with zero attached hydrogens (tertiary/aromatic N) is 1. The number of hydrogen-bond donors (Lipinski definition) is 1. The topological polar surface area (TPSA) is 85.3 Å². The lowest BCUT2D eigenvalue weighted by atomic mass is 9.89. The minimum Gasteiger partial charge on any atom is -0.496 e. The average Bonchev–Trinajstić information content (AvgIpc) is 2.83. The highest BCUT2D eigenvalue weighted by Gasteiger charge is 2.26. The van der Waals surface area contributed by atoms with Gasteiger partial charge in [0.25, 0.3) is 0 Å². The van der Waals surface area contributed by atoms with Gasteiger partial charge >= 0.3 is 12.1 Å². The summed E-state index contributed by atoms with van der Waals surface area (Å²) >= 11 is 0. The van der Waals surface area contributed by atoms with Crippen LogP contribution in [0.3, 0.4) is 0 Å². The summed E-state index contributed by atoms with van der Waals surface area (Å²) in [6, 6.07) is 17.4. The molecule has 0 aliphatic carbocycles. The molecule has 3 aromatic carbocycles. The first-order chi connectivity index (χ1) is 16.4. The summed E-state index contributed by atoms with van der Waals surface area (Å²) in [4.78, 5) is 28.6. The van der Waals surface area contributed by atoms with Crippen molar-refractivity contribution in [1.82, 2.24) is 5.06 Å². The molecule has 0 spiro atoms. The van der Waals surface area contributed by atoms with Gasteiger partial charge in [-0.05, 0) is 46.9 Å². The quantitative estimate of drug-likeness (QED) is 0.504. The Bertz CT molecular complexity index is 1200. The highest BCUT2D eigenvalue weighted by molar-refractivity contribution is 5.77. The van der Waals surface area contributed by atoms with Crippen molar-refractivity contribution in [3.8, 4) is 16.9 Å². The molecule has 1 heterocycles. The number of carboxylic acids is 1. The third kappa shape index (κ3) is 5.35. The van der Waals surface area contributed by atoms with Gasteiger partial charge < -0.3 is 19.4 Å². The molecular formula is C26H24FNO6. The number of carbonyl (C=O) groups excluding carboxylic acids is 1. The summed E-state index contributed by atoms with van der Waals surface area (Å²) in [5, 5.41) is 10.5. The van der Waals surface area contributed by atoms with Gasteiger partial charge in [-0.2, -0.15) is 0 Å². The molecule has 0 radical (unpaired) electrons. The molecule has 176 valence electrons. The van der Waals surface area contributed by atoms with Crippen LogP contribution in [0.2, 0.25) is 0 Å². The Morgan fingerprint density at radius 1 is 1.00 bits per heavy atom. The SMILES string of the molecule is COc1ccc(CC(=O)O)cc1-c1ccc(F)c2c1CCN(OC(=O)OCc1ccccc1)C2. The number of fused-ring (bicyclic) bond motifs is 1. The Kier molecular flexibility index (Phi) is 7.08. The van der Waals surface area contributed by atoms with Gasteiger partial charge in [-0.1, -0.05) is 42.5 Å². The number of aliphatic carboxylic acids is 1. The minimum atomic E-state index is -0.941. The molecule has 34 heavy (non-hydrogen) atoms. The Hall–Kier alpha value is -3.91. The lowest BCUT2D eigenvalue weighted by Gasteiger charge is -2.29. The molecule has 1 aliphatic rings. The number of carbonyl (C=O) groups is 2. The van der Waals surface area contributed by atoms with E-state index < -0.39 is 17.9 Å². The predicted octanol–water partition coefficient (Wildman–Crippen LogP) is 4.75. The van der Waals surface area contributed by atoms with Gasteiger partial charge in [0.1, 0.15) is 18.2 Å². The van der Waals surface area contributed by atoms with Crippen LogP contribution in [0.15, 0.2) is 60.7 Å². The van der Waals surface area contributed by atoms with Crippen molar-refractivity contribution in [1.29, 1.82) is 0 Å². The van der Waals surface area contributed by atoms with Crippen LogP contribution in [0.1, 0.15) is 22.3 Å². The van der Waals surface area contributed by atoms with Gasteiger partial charge in [-0.25, -0.2) is 9.18 Å². The van der Waals surface area contributed by atoms with Gasteiger partial charge in [0.05, 0.1) is 20.1 Å². The highest BCUT2D eigenvalue weighted by Crippen LogP contribution is 2.37. The second kappa shape index (κ2) is 10.4. The lowest BCUT2D eigenvalue weighted by molar-refractivity contribution is -0.139. The lowest BCUT2D eigenvalue weighted by Crippen LogP contribution is -2.34. The van der Waals surface area contributed by atoms with E-state index in [1.54, 1.807) is 24.3 Å². The molecule has 1 N–H and O–H groups in total. The summed E-state index contributed by atoms with van der Waals surface area (Å²) < 4.78 is 25.4. The number of ether oxygens (including phenoxy) is 2. The summed E-state index contributed by atoms with van der Waals surface area (Å²) in [6.45, 7) is 0.489. The standard InChI is InChI=1S/C26H24FNO6/c1-32-24-10-7-18(14-25(29)30)13-21(24)19-8-9-23(27)22-15-28(12-11-20(19)22)34-26(31)33-16-17-5-3-2-4-6-17/h2-10,13H,11-12,14-16H2,1H3,(H,29,30). The van der Waals surface area contributed by atoms with Crippen molar-refractivity contribution in [2.24, 2.45) is 0 Å². The maximum Gasteiger partial charge on any atom is 0.528 e.